The summed E-state index contributed by atoms with van der Waals surface area (Å²) in [6.45, 7) is 0. The highest BCUT2D eigenvalue weighted by Gasteiger charge is 2.08. The van der Waals surface area contributed by atoms with Crippen LogP contribution in [-0.2, 0) is 4.74 Å². The van der Waals surface area contributed by atoms with Gasteiger partial charge in [0, 0.05) is 12.7 Å². The number of carbonyl (C=O) groups excluding carboxylic acids is 1. The molecule has 0 heterocycles. The molecule has 1 rings (SSSR count). The van der Waals surface area contributed by atoms with Crippen molar-refractivity contribution in [3.8, 4) is 0 Å². The first-order valence-corrected chi connectivity index (χ1v) is 3.81. The van der Waals surface area contributed by atoms with Gasteiger partial charge in [-0.3, -0.25) is 4.79 Å². The van der Waals surface area contributed by atoms with Crippen molar-refractivity contribution < 1.29 is 14.6 Å². The summed E-state index contributed by atoms with van der Waals surface area (Å²) in [6, 6.07) is 8.60. The average Bonchev–Trinajstić information content (AvgIpc) is 2.19. The SMILES string of the molecule is COC(O)NC(=O)c1ccccc1. The number of methoxy groups -OCH3 is 1. The number of aliphatic hydroxyl groups excluding tert-OH is 1. The molecule has 1 atom stereocenters. The van der Waals surface area contributed by atoms with Gasteiger partial charge in [-0.2, -0.15) is 0 Å². The summed E-state index contributed by atoms with van der Waals surface area (Å²) in [5, 5.41) is 11.2. The van der Waals surface area contributed by atoms with Crippen molar-refractivity contribution in [1.29, 1.82) is 0 Å². The van der Waals surface area contributed by atoms with E-state index in [2.05, 4.69) is 10.1 Å². The Hall–Kier alpha value is -1.39. The summed E-state index contributed by atoms with van der Waals surface area (Å²) >= 11 is 0. The van der Waals surface area contributed by atoms with Gasteiger partial charge in [0.25, 0.3) is 5.91 Å². The van der Waals surface area contributed by atoms with Crippen molar-refractivity contribution in [2.24, 2.45) is 0 Å². The van der Waals surface area contributed by atoms with E-state index in [1.807, 2.05) is 6.07 Å². The van der Waals surface area contributed by atoms with Gasteiger partial charge in [0.15, 0.2) is 0 Å². The molecule has 0 bridgehead atoms. The number of benzene rings is 1. The highest BCUT2D eigenvalue weighted by molar-refractivity contribution is 5.94. The van der Waals surface area contributed by atoms with Crippen LogP contribution >= 0.6 is 0 Å². The number of hydrogen-bond donors (Lipinski definition) is 2. The monoisotopic (exact) mass is 181 g/mol. The lowest BCUT2D eigenvalue weighted by molar-refractivity contribution is -0.0890. The molecule has 4 heteroatoms. The second kappa shape index (κ2) is 4.59. The molecule has 0 spiro atoms. The van der Waals surface area contributed by atoms with E-state index in [4.69, 9.17) is 5.11 Å². The molecule has 2 N–H and O–H groups in total. The van der Waals surface area contributed by atoms with Gasteiger partial charge < -0.3 is 15.2 Å². The van der Waals surface area contributed by atoms with Crippen LogP contribution in [0.2, 0.25) is 0 Å². The predicted molar refractivity (Wildman–Crippen MR) is 46.9 cm³/mol. The Balaban J connectivity index is 2.59. The molecule has 0 aliphatic heterocycles. The lowest BCUT2D eigenvalue weighted by atomic mass is 10.2. The van der Waals surface area contributed by atoms with E-state index in [0.29, 0.717) is 5.56 Å². The first-order chi connectivity index (χ1) is 6.24. The van der Waals surface area contributed by atoms with E-state index in [9.17, 15) is 4.79 Å². The molecule has 1 unspecified atom stereocenters. The normalized spacial score (nSPS) is 12.2. The minimum absolute atomic E-state index is 0.366. The maximum Gasteiger partial charge on any atom is 0.255 e. The zero-order valence-corrected chi connectivity index (χ0v) is 7.23. The molecule has 0 aromatic heterocycles. The number of amides is 1. The van der Waals surface area contributed by atoms with Crippen molar-refractivity contribution >= 4 is 5.91 Å². The highest BCUT2D eigenvalue weighted by Crippen LogP contribution is 1.97. The molecule has 4 nitrogen and oxygen atoms in total. The van der Waals surface area contributed by atoms with Crippen molar-refractivity contribution in [2.75, 3.05) is 7.11 Å². The fourth-order valence-corrected chi connectivity index (χ4v) is 0.844. The largest absolute Gasteiger partial charge is 0.351 e. The van der Waals surface area contributed by atoms with Crippen LogP contribution in [-0.4, -0.2) is 24.5 Å². The Labute approximate surface area is 76.1 Å². The number of rotatable bonds is 3. The Kier molecular flexibility index (Phi) is 3.42. The van der Waals surface area contributed by atoms with Crippen LogP contribution in [0.3, 0.4) is 0 Å². The zero-order valence-electron chi connectivity index (χ0n) is 7.23. The third kappa shape index (κ3) is 2.85. The van der Waals surface area contributed by atoms with E-state index < -0.39 is 6.41 Å². The Bertz CT molecular complexity index is 273. The first-order valence-electron chi connectivity index (χ1n) is 3.81. The molecular formula is C9H11NO3. The fraction of sp³-hybridized carbons (Fsp3) is 0.222. The number of nitrogens with one attached hydrogen (secondary N) is 1. The second-order valence-corrected chi connectivity index (χ2v) is 2.43. The third-order valence-electron chi connectivity index (χ3n) is 1.51. The summed E-state index contributed by atoms with van der Waals surface area (Å²) in [5.74, 6) is -0.366. The predicted octanol–water partition coefficient (Wildman–Crippen LogP) is 0.339. The van der Waals surface area contributed by atoms with Crippen molar-refractivity contribution in [1.82, 2.24) is 5.32 Å². The number of aliphatic hydroxyl groups is 1. The van der Waals surface area contributed by atoms with Gasteiger partial charge in [-0.1, -0.05) is 18.2 Å². The third-order valence-corrected chi connectivity index (χ3v) is 1.51. The van der Waals surface area contributed by atoms with Crippen LogP contribution < -0.4 is 5.32 Å². The minimum Gasteiger partial charge on any atom is -0.351 e. The van der Waals surface area contributed by atoms with Crippen molar-refractivity contribution in [2.45, 2.75) is 6.41 Å². The molecule has 0 radical (unpaired) electrons. The van der Waals surface area contributed by atoms with E-state index >= 15 is 0 Å². The lowest BCUT2D eigenvalue weighted by Gasteiger charge is -2.09. The molecule has 1 aromatic rings. The number of carbonyl (C=O) groups is 1. The van der Waals surface area contributed by atoms with Crippen LogP contribution in [0.5, 0.6) is 0 Å². The topological polar surface area (TPSA) is 58.6 Å². The van der Waals surface area contributed by atoms with Gasteiger partial charge in [0.2, 0.25) is 6.41 Å². The smallest absolute Gasteiger partial charge is 0.255 e. The van der Waals surface area contributed by atoms with Crippen LogP contribution in [0.1, 0.15) is 10.4 Å². The standard InChI is InChI=1S/C9H11NO3/c1-13-9(12)10-8(11)7-5-3-2-4-6-7/h2-6,9,12H,1H3,(H,10,11). The van der Waals surface area contributed by atoms with Gasteiger partial charge >= 0.3 is 0 Å². The van der Waals surface area contributed by atoms with Crippen molar-refractivity contribution in [3.63, 3.8) is 0 Å². The highest BCUT2D eigenvalue weighted by atomic mass is 16.6. The first kappa shape index (κ1) is 9.70. The molecule has 13 heavy (non-hydrogen) atoms. The van der Waals surface area contributed by atoms with Crippen LogP contribution in [0.15, 0.2) is 30.3 Å². The Morgan fingerprint density at radius 3 is 2.62 bits per heavy atom. The molecule has 1 aromatic carbocycles. The molecule has 0 saturated carbocycles. The minimum atomic E-state index is -1.26. The van der Waals surface area contributed by atoms with Gasteiger partial charge in [0.1, 0.15) is 0 Å². The molecule has 1 amide bonds. The molecule has 0 aliphatic rings. The summed E-state index contributed by atoms with van der Waals surface area (Å²) in [4.78, 5) is 11.3. The maximum absolute atomic E-state index is 11.3. The van der Waals surface area contributed by atoms with E-state index in [1.54, 1.807) is 24.3 Å². The van der Waals surface area contributed by atoms with Gasteiger partial charge in [-0.25, -0.2) is 0 Å². The molecule has 0 fully saturated rings. The molecular weight excluding hydrogens is 170 g/mol. The van der Waals surface area contributed by atoms with Gasteiger partial charge in [0.05, 0.1) is 0 Å². The summed E-state index contributed by atoms with van der Waals surface area (Å²) in [7, 11) is 1.30. The van der Waals surface area contributed by atoms with Crippen LogP contribution in [0, 0.1) is 0 Å². The van der Waals surface area contributed by atoms with Crippen LogP contribution in [0.4, 0.5) is 0 Å². The quantitative estimate of drug-likeness (QED) is 0.661. The number of hydrogen-bond acceptors (Lipinski definition) is 3. The van der Waals surface area contributed by atoms with E-state index in [-0.39, 0.29) is 5.91 Å². The van der Waals surface area contributed by atoms with Gasteiger partial charge in [-0.05, 0) is 12.1 Å². The molecule has 0 aliphatic carbocycles. The molecule has 0 saturated heterocycles. The van der Waals surface area contributed by atoms with E-state index in [1.165, 1.54) is 7.11 Å². The van der Waals surface area contributed by atoms with Gasteiger partial charge in [-0.15, -0.1) is 0 Å². The summed E-state index contributed by atoms with van der Waals surface area (Å²) in [5.41, 5.74) is 0.485. The second-order valence-electron chi connectivity index (χ2n) is 2.43. The zero-order chi connectivity index (χ0) is 9.68. The fourth-order valence-electron chi connectivity index (χ4n) is 0.844. The van der Waals surface area contributed by atoms with Crippen molar-refractivity contribution in [3.05, 3.63) is 35.9 Å². The van der Waals surface area contributed by atoms with Crippen LogP contribution in [0.25, 0.3) is 0 Å². The summed E-state index contributed by atoms with van der Waals surface area (Å²) in [6.07, 6.45) is -1.26. The molecule has 70 valence electrons. The Morgan fingerprint density at radius 2 is 2.08 bits per heavy atom. The maximum atomic E-state index is 11.3. The summed E-state index contributed by atoms with van der Waals surface area (Å²) < 4.78 is 4.47. The number of ether oxygens (including phenoxy) is 1. The lowest BCUT2D eigenvalue weighted by Crippen LogP contribution is -2.35. The Morgan fingerprint density at radius 1 is 1.46 bits per heavy atom. The average molecular weight is 181 g/mol. The van der Waals surface area contributed by atoms with E-state index in [0.717, 1.165) is 0 Å².